The highest BCUT2D eigenvalue weighted by Gasteiger charge is 2.45. The molecule has 5 rings (SSSR count). The molecule has 3 aromatic rings. The molecule has 2 aliphatic rings. The Morgan fingerprint density at radius 1 is 1.12 bits per heavy atom. The fourth-order valence-electron chi connectivity index (χ4n) is 3.79. The molecule has 3 amide bonds. The van der Waals surface area contributed by atoms with Crippen LogP contribution in [0.5, 0.6) is 0 Å². The number of aryl methyl sites for hydroxylation is 1. The SMILES string of the molecule is Cc1ccc(NC(=O)Nc2cccc(C3=NC(NC4CC4)(C(N)=O)Nc4scc(N)c43)c2)cc1. The van der Waals surface area contributed by atoms with E-state index in [1.165, 1.54) is 11.3 Å². The number of fused-ring (bicyclic) bond motifs is 1. The first-order valence-electron chi connectivity index (χ1n) is 10.9. The minimum absolute atomic E-state index is 0.169. The number of benzene rings is 2. The Hall–Kier alpha value is -3.89. The molecule has 1 aromatic heterocycles. The van der Waals surface area contributed by atoms with E-state index in [4.69, 9.17) is 16.5 Å². The summed E-state index contributed by atoms with van der Waals surface area (Å²) in [6.07, 6.45) is 1.91. The van der Waals surface area contributed by atoms with E-state index in [2.05, 4.69) is 21.3 Å². The summed E-state index contributed by atoms with van der Waals surface area (Å²) in [5.41, 5.74) is 16.9. The van der Waals surface area contributed by atoms with Gasteiger partial charge in [-0.2, -0.15) is 0 Å². The van der Waals surface area contributed by atoms with Crippen LogP contribution in [0.15, 0.2) is 58.9 Å². The van der Waals surface area contributed by atoms with Gasteiger partial charge in [-0.3, -0.25) is 10.1 Å². The normalized spacial score (nSPS) is 18.9. The Labute approximate surface area is 200 Å². The van der Waals surface area contributed by atoms with Gasteiger partial charge < -0.3 is 27.4 Å². The van der Waals surface area contributed by atoms with Crippen molar-refractivity contribution < 1.29 is 9.59 Å². The van der Waals surface area contributed by atoms with Crippen molar-refractivity contribution in [3.8, 4) is 0 Å². The molecule has 1 aliphatic carbocycles. The summed E-state index contributed by atoms with van der Waals surface area (Å²) in [6, 6.07) is 14.6. The third kappa shape index (κ3) is 4.33. The van der Waals surface area contributed by atoms with E-state index in [0.717, 1.165) is 18.4 Å². The van der Waals surface area contributed by atoms with E-state index in [9.17, 15) is 9.59 Å². The number of rotatable bonds is 6. The smallest absolute Gasteiger partial charge is 0.323 e. The van der Waals surface area contributed by atoms with Crippen LogP contribution in [0, 0.1) is 6.92 Å². The van der Waals surface area contributed by atoms with E-state index in [1.807, 2.05) is 43.3 Å². The van der Waals surface area contributed by atoms with Crippen LogP contribution in [0.3, 0.4) is 0 Å². The quantitative estimate of drug-likeness (QED) is 0.323. The number of hydrogen-bond acceptors (Lipinski definition) is 7. The fourth-order valence-corrected chi connectivity index (χ4v) is 4.69. The molecule has 9 nitrogen and oxygen atoms in total. The number of hydrogen-bond donors (Lipinski definition) is 6. The minimum Gasteiger partial charge on any atom is -0.397 e. The van der Waals surface area contributed by atoms with Gasteiger partial charge in [-0.15, -0.1) is 11.3 Å². The minimum atomic E-state index is -1.47. The van der Waals surface area contributed by atoms with E-state index in [0.29, 0.717) is 38.9 Å². The topological polar surface area (TPSA) is 147 Å². The van der Waals surface area contributed by atoms with Crippen LogP contribution < -0.4 is 32.7 Å². The molecule has 1 fully saturated rings. The number of carbonyl (C=O) groups is 2. The second-order valence-electron chi connectivity index (χ2n) is 8.50. The predicted octanol–water partition coefficient (Wildman–Crippen LogP) is 3.44. The first kappa shape index (κ1) is 21.9. The lowest BCUT2D eigenvalue weighted by Gasteiger charge is -2.34. The number of thiophene rings is 1. The van der Waals surface area contributed by atoms with Gasteiger partial charge in [-0.25, -0.2) is 9.79 Å². The second-order valence-corrected chi connectivity index (χ2v) is 9.38. The first-order valence-corrected chi connectivity index (χ1v) is 11.8. The maximum absolute atomic E-state index is 12.5. The molecule has 0 radical (unpaired) electrons. The Balaban J connectivity index is 1.46. The van der Waals surface area contributed by atoms with Gasteiger partial charge in [-0.05, 0) is 44.0 Å². The van der Waals surface area contributed by atoms with Crippen molar-refractivity contribution in [3.05, 3.63) is 70.6 Å². The monoisotopic (exact) mass is 475 g/mol. The van der Waals surface area contributed by atoms with Crippen molar-refractivity contribution in [2.24, 2.45) is 10.7 Å². The second kappa shape index (κ2) is 8.47. The number of amides is 3. The van der Waals surface area contributed by atoms with Gasteiger partial charge in [0.25, 0.3) is 11.7 Å². The Morgan fingerprint density at radius 3 is 2.56 bits per heavy atom. The largest absolute Gasteiger partial charge is 0.397 e. The van der Waals surface area contributed by atoms with Crippen molar-refractivity contribution in [2.75, 3.05) is 21.7 Å². The van der Waals surface area contributed by atoms with E-state index in [1.54, 1.807) is 17.5 Å². The molecule has 10 heteroatoms. The van der Waals surface area contributed by atoms with Crippen LogP contribution in [0.4, 0.5) is 26.9 Å². The molecule has 2 heterocycles. The maximum Gasteiger partial charge on any atom is 0.323 e. The van der Waals surface area contributed by atoms with Gasteiger partial charge in [0.15, 0.2) is 0 Å². The molecule has 8 N–H and O–H groups in total. The van der Waals surface area contributed by atoms with Crippen LogP contribution in [-0.2, 0) is 4.79 Å². The summed E-state index contributed by atoms with van der Waals surface area (Å²) in [4.78, 5) is 29.8. The zero-order valence-electron chi connectivity index (χ0n) is 18.5. The summed E-state index contributed by atoms with van der Waals surface area (Å²) in [6.45, 7) is 1.98. The number of nitrogen functional groups attached to an aromatic ring is 1. The molecule has 0 saturated heterocycles. The van der Waals surface area contributed by atoms with E-state index < -0.39 is 11.7 Å². The van der Waals surface area contributed by atoms with Crippen molar-refractivity contribution in [1.82, 2.24) is 5.32 Å². The van der Waals surface area contributed by atoms with Gasteiger partial charge in [-0.1, -0.05) is 29.8 Å². The molecule has 1 atom stereocenters. The molecule has 34 heavy (non-hydrogen) atoms. The molecule has 0 bridgehead atoms. The number of anilines is 4. The molecule has 1 unspecified atom stereocenters. The van der Waals surface area contributed by atoms with Crippen LogP contribution in [0.2, 0.25) is 0 Å². The number of aliphatic imine (C=N–C) groups is 1. The lowest BCUT2D eigenvalue weighted by molar-refractivity contribution is -0.123. The zero-order valence-corrected chi connectivity index (χ0v) is 19.3. The van der Waals surface area contributed by atoms with Gasteiger partial charge in [0.2, 0.25) is 0 Å². The highest BCUT2D eigenvalue weighted by molar-refractivity contribution is 7.15. The van der Waals surface area contributed by atoms with Crippen molar-refractivity contribution >= 4 is 51.1 Å². The summed E-state index contributed by atoms with van der Waals surface area (Å²) in [5.74, 6) is -2.09. The average molecular weight is 476 g/mol. The summed E-state index contributed by atoms with van der Waals surface area (Å²) in [5, 5.41) is 14.6. The van der Waals surface area contributed by atoms with Crippen molar-refractivity contribution in [3.63, 3.8) is 0 Å². The molecular formula is C24H25N7O2S. The Bertz CT molecular complexity index is 1300. The molecular weight excluding hydrogens is 450 g/mol. The van der Waals surface area contributed by atoms with Crippen LogP contribution in [-0.4, -0.2) is 29.5 Å². The van der Waals surface area contributed by atoms with Gasteiger partial charge in [0.1, 0.15) is 5.00 Å². The van der Waals surface area contributed by atoms with Gasteiger partial charge >= 0.3 is 6.03 Å². The van der Waals surface area contributed by atoms with Gasteiger partial charge in [0.05, 0.1) is 17.0 Å². The van der Waals surface area contributed by atoms with Crippen molar-refractivity contribution in [1.29, 1.82) is 0 Å². The van der Waals surface area contributed by atoms with Crippen molar-refractivity contribution in [2.45, 2.75) is 31.6 Å². The van der Waals surface area contributed by atoms with Crippen LogP contribution >= 0.6 is 11.3 Å². The molecule has 2 aromatic carbocycles. The van der Waals surface area contributed by atoms with Gasteiger partial charge in [0, 0.05) is 28.4 Å². The lowest BCUT2D eigenvalue weighted by Crippen LogP contribution is -2.62. The number of nitrogens with zero attached hydrogens (tertiary/aromatic N) is 1. The number of primary amides is 1. The Kier molecular flexibility index (Phi) is 5.46. The highest BCUT2D eigenvalue weighted by Crippen LogP contribution is 2.39. The first-order chi connectivity index (χ1) is 16.3. The van der Waals surface area contributed by atoms with E-state index >= 15 is 0 Å². The molecule has 1 aliphatic heterocycles. The summed E-state index contributed by atoms with van der Waals surface area (Å²) >= 11 is 1.39. The number of nitrogens with two attached hydrogens (primary N) is 2. The zero-order chi connectivity index (χ0) is 23.9. The predicted molar refractivity (Wildman–Crippen MR) is 136 cm³/mol. The van der Waals surface area contributed by atoms with Crippen LogP contribution in [0.1, 0.15) is 29.5 Å². The number of nitrogens with one attached hydrogen (secondary N) is 4. The lowest BCUT2D eigenvalue weighted by atomic mass is 10.00. The van der Waals surface area contributed by atoms with Crippen LogP contribution in [0.25, 0.3) is 0 Å². The third-order valence-electron chi connectivity index (χ3n) is 5.68. The number of carbonyl (C=O) groups excluding carboxylic acids is 2. The molecule has 0 spiro atoms. The average Bonchev–Trinajstić information content (AvgIpc) is 3.54. The summed E-state index contributed by atoms with van der Waals surface area (Å²) < 4.78 is 0. The van der Waals surface area contributed by atoms with E-state index in [-0.39, 0.29) is 12.1 Å². The standard InChI is InChI=1S/C24H25N7O2S/c1-13-5-7-15(8-6-13)27-23(33)28-17-4-2-3-14(11-17)20-19-18(25)12-34-21(19)31-24(30-20,22(26)32)29-16-9-10-16/h2-8,11-12,16,29,31H,9-10,25H2,1H3,(H2,26,32)(H2,27,28,33). The highest BCUT2D eigenvalue weighted by atomic mass is 32.1. The Morgan fingerprint density at radius 2 is 1.85 bits per heavy atom. The maximum atomic E-state index is 12.5. The molecule has 174 valence electrons. The molecule has 1 saturated carbocycles. The number of urea groups is 1. The fraction of sp³-hybridized carbons (Fsp3) is 0.208. The third-order valence-corrected chi connectivity index (χ3v) is 6.59. The summed E-state index contributed by atoms with van der Waals surface area (Å²) in [7, 11) is 0.